The number of rotatable bonds is 6. The Morgan fingerprint density at radius 3 is 2.15 bits per heavy atom. The Balaban J connectivity index is 2.66. The zero-order valence-electron chi connectivity index (χ0n) is 21.2. The first kappa shape index (κ1) is 26.9. The molecule has 1 aromatic rings. The first-order chi connectivity index (χ1) is 15.2. The molecule has 1 N–H and O–H groups in total. The van der Waals surface area contributed by atoms with Crippen molar-refractivity contribution in [1.29, 1.82) is 0 Å². The van der Waals surface area contributed by atoms with Crippen LogP contribution >= 0.6 is 11.3 Å². The number of amides is 2. The molecule has 33 heavy (non-hydrogen) atoms. The van der Waals surface area contributed by atoms with E-state index in [1.165, 1.54) is 9.80 Å². The number of carbonyl (C=O) groups excluding carboxylic acids is 2. The van der Waals surface area contributed by atoms with Crippen molar-refractivity contribution in [3.63, 3.8) is 0 Å². The van der Waals surface area contributed by atoms with Crippen molar-refractivity contribution in [2.75, 3.05) is 19.0 Å². The van der Waals surface area contributed by atoms with Gasteiger partial charge in [0.25, 0.3) is 0 Å². The second-order valence-electron chi connectivity index (χ2n) is 10.7. The fourth-order valence-corrected chi connectivity index (χ4v) is 4.93. The monoisotopic (exact) mass is 474 g/mol. The van der Waals surface area contributed by atoms with Crippen LogP contribution in [0.1, 0.15) is 81.8 Å². The van der Waals surface area contributed by atoms with Crippen molar-refractivity contribution in [1.82, 2.24) is 4.90 Å². The molecule has 0 spiro atoms. The Kier molecular flexibility index (Phi) is 8.75. The average molecular weight is 475 g/mol. The Hall–Kier alpha value is -2.33. The van der Waals surface area contributed by atoms with Crippen LogP contribution in [0.25, 0.3) is 0 Å². The fourth-order valence-electron chi connectivity index (χ4n) is 4.09. The highest BCUT2D eigenvalue weighted by atomic mass is 32.1. The van der Waals surface area contributed by atoms with E-state index in [-0.39, 0.29) is 39.6 Å². The molecule has 1 saturated carbocycles. The molecule has 1 heterocycles. The molecule has 1 fully saturated rings. The molecular formula is C26H38N2O4S. The van der Waals surface area contributed by atoms with Crippen LogP contribution in [0.4, 0.5) is 5.69 Å². The number of carbonyl (C=O) groups is 3. The minimum atomic E-state index is -1.12. The van der Waals surface area contributed by atoms with Crippen molar-refractivity contribution in [2.45, 2.75) is 73.3 Å². The minimum absolute atomic E-state index is 0.0444. The zero-order chi connectivity index (χ0) is 25.1. The summed E-state index contributed by atoms with van der Waals surface area (Å²) in [6.45, 7) is 11.9. The molecule has 2 amide bonds. The van der Waals surface area contributed by atoms with Crippen molar-refractivity contribution >= 4 is 34.8 Å². The third-order valence-corrected chi connectivity index (χ3v) is 6.96. The molecule has 182 valence electrons. The first-order valence-corrected chi connectivity index (χ1v) is 12.5. The van der Waals surface area contributed by atoms with Gasteiger partial charge in [-0.3, -0.25) is 14.5 Å². The molecular weight excluding hydrogens is 436 g/mol. The smallest absolute Gasteiger partial charge is 0.348 e. The summed E-state index contributed by atoms with van der Waals surface area (Å²) in [5, 5.41) is 9.98. The van der Waals surface area contributed by atoms with Crippen LogP contribution < -0.4 is 4.90 Å². The van der Waals surface area contributed by atoms with Crippen molar-refractivity contribution in [3.8, 4) is 11.8 Å². The van der Waals surface area contributed by atoms with E-state index in [0.717, 1.165) is 37.0 Å². The van der Waals surface area contributed by atoms with Crippen molar-refractivity contribution in [2.24, 2.45) is 23.2 Å². The topological polar surface area (TPSA) is 77.9 Å². The maximum atomic E-state index is 13.9. The quantitative estimate of drug-likeness (QED) is 0.581. The lowest BCUT2D eigenvalue weighted by Gasteiger charge is -2.38. The Morgan fingerprint density at radius 2 is 1.70 bits per heavy atom. The second-order valence-corrected chi connectivity index (χ2v) is 11.8. The predicted molar refractivity (Wildman–Crippen MR) is 134 cm³/mol. The number of hydrogen-bond acceptors (Lipinski definition) is 4. The normalized spacial score (nSPS) is 19.4. The minimum Gasteiger partial charge on any atom is -0.477 e. The van der Waals surface area contributed by atoms with E-state index in [9.17, 15) is 19.5 Å². The number of anilines is 1. The molecule has 0 radical (unpaired) electrons. The molecule has 0 saturated heterocycles. The van der Waals surface area contributed by atoms with E-state index in [1.54, 1.807) is 20.2 Å². The SMILES string of the molecule is CC1CCC(C(=O)N(c2cc(C#CC(C)(C)C)sc2C(=O)O)[C@H](C(=O)N(C)C)C(C)C)CC1. The van der Waals surface area contributed by atoms with Crippen molar-refractivity contribution in [3.05, 3.63) is 15.8 Å². The summed E-state index contributed by atoms with van der Waals surface area (Å²) in [5.74, 6) is 4.87. The predicted octanol–water partition coefficient (Wildman–Crippen LogP) is 5.12. The van der Waals surface area contributed by atoms with E-state index in [4.69, 9.17) is 0 Å². The van der Waals surface area contributed by atoms with E-state index in [0.29, 0.717) is 10.8 Å². The lowest BCUT2D eigenvalue weighted by atomic mass is 9.81. The number of hydrogen-bond donors (Lipinski definition) is 1. The highest BCUT2D eigenvalue weighted by molar-refractivity contribution is 7.15. The molecule has 1 aliphatic rings. The van der Waals surface area contributed by atoms with Crippen LogP contribution in [0.2, 0.25) is 0 Å². The van der Waals surface area contributed by atoms with E-state index in [2.05, 4.69) is 18.8 Å². The average Bonchev–Trinajstić information content (AvgIpc) is 3.13. The van der Waals surface area contributed by atoms with Crippen LogP contribution in [0, 0.1) is 35.0 Å². The van der Waals surface area contributed by atoms with Gasteiger partial charge in [-0.1, -0.05) is 32.6 Å². The van der Waals surface area contributed by atoms with Gasteiger partial charge in [0.1, 0.15) is 10.9 Å². The summed E-state index contributed by atoms with van der Waals surface area (Å²) < 4.78 is 0. The molecule has 1 atom stereocenters. The van der Waals surface area contributed by atoms with Gasteiger partial charge in [0, 0.05) is 25.4 Å². The van der Waals surface area contributed by atoms with Gasteiger partial charge in [0.15, 0.2) is 0 Å². The largest absolute Gasteiger partial charge is 0.477 e. The van der Waals surface area contributed by atoms with Gasteiger partial charge < -0.3 is 10.0 Å². The fraction of sp³-hybridized carbons (Fsp3) is 0.654. The molecule has 6 nitrogen and oxygen atoms in total. The van der Waals surface area contributed by atoms with Crippen molar-refractivity contribution < 1.29 is 19.5 Å². The summed E-state index contributed by atoms with van der Waals surface area (Å²) in [6.07, 6.45) is 3.41. The molecule has 1 aliphatic carbocycles. The maximum absolute atomic E-state index is 13.9. The standard InChI is InChI=1S/C26H38N2O4S/c1-16(2)21(24(30)27(7)8)28(23(29)18-11-9-17(3)10-12-18)20-15-19(13-14-26(4,5)6)33-22(20)25(31)32/h15-18,21H,9-12H2,1-8H3,(H,31,32)/t17?,18?,21-/m0/s1. The first-order valence-electron chi connectivity index (χ1n) is 11.7. The second kappa shape index (κ2) is 10.7. The molecule has 7 heteroatoms. The van der Waals surface area contributed by atoms with Crippen LogP contribution in [0.5, 0.6) is 0 Å². The molecule has 0 bridgehead atoms. The highest BCUT2D eigenvalue weighted by Gasteiger charge is 2.40. The summed E-state index contributed by atoms with van der Waals surface area (Å²) in [6, 6.07) is 0.886. The van der Waals surface area contributed by atoms with Gasteiger partial charge in [-0.05, 0) is 64.4 Å². The number of aromatic carboxylic acids is 1. The van der Waals surface area contributed by atoms with Gasteiger partial charge >= 0.3 is 5.97 Å². The van der Waals surface area contributed by atoms with E-state index in [1.807, 2.05) is 34.6 Å². The van der Waals surface area contributed by atoms with Gasteiger partial charge in [-0.15, -0.1) is 11.3 Å². The number of nitrogens with zero attached hydrogens (tertiary/aromatic N) is 2. The number of likely N-dealkylation sites (N-methyl/N-ethyl adjacent to an activating group) is 1. The third kappa shape index (κ3) is 6.83. The lowest BCUT2D eigenvalue weighted by molar-refractivity contribution is -0.134. The van der Waals surface area contributed by atoms with Gasteiger partial charge in [0.05, 0.1) is 10.6 Å². The van der Waals surface area contributed by atoms with Crippen LogP contribution in [-0.2, 0) is 9.59 Å². The van der Waals surface area contributed by atoms with Gasteiger partial charge in [-0.2, -0.15) is 0 Å². The highest BCUT2D eigenvalue weighted by Crippen LogP contribution is 2.37. The number of carboxylic acid groups (broad SMARTS) is 1. The molecule has 1 aromatic heterocycles. The number of thiophene rings is 1. The van der Waals surface area contributed by atoms with E-state index < -0.39 is 12.0 Å². The van der Waals surface area contributed by atoms with E-state index >= 15 is 0 Å². The summed E-state index contributed by atoms with van der Waals surface area (Å²) in [5.41, 5.74) is 0.0339. The molecule has 0 aliphatic heterocycles. The molecule has 2 rings (SSSR count). The molecule has 0 aromatic carbocycles. The number of carboxylic acids is 1. The summed E-state index contributed by atoms with van der Waals surface area (Å²) in [7, 11) is 3.32. The van der Waals surface area contributed by atoms with Gasteiger partial charge in [-0.25, -0.2) is 4.79 Å². The van der Waals surface area contributed by atoms with Crippen LogP contribution in [0.15, 0.2) is 6.07 Å². The zero-order valence-corrected chi connectivity index (χ0v) is 22.0. The van der Waals surface area contributed by atoms with Crippen LogP contribution in [0.3, 0.4) is 0 Å². The Morgan fingerprint density at radius 1 is 1.12 bits per heavy atom. The maximum Gasteiger partial charge on any atom is 0.348 e. The Labute approximate surface area is 202 Å². The summed E-state index contributed by atoms with van der Waals surface area (Å²) >= 11 is 1.06. The van der Waals surface area contributed by atoms with Gasteiger partial charge in [0.2, 0.25) is 11.8 Å². The summed E-state index contributed by atoms with van der Waals surface area (Å²) in [4.78, 5) is 42.9. The third-order valence-electron chi connectivity index (χ3n) is 5.93. The molecule has 0 unspecified atom stereocenters. The Bertz CT molecular complexity index is 938. The van der Waals surface area contributed by atoms with Crippen LogP contribution in [-0.4, -0.2) is 47.9 Å². The lowest BCUT2D eigenvalue weighted by Crippen LogP contribution is -2.54.